The average Bonchev–Trinajstić information content (AvgIpc) is 2.90. The smallest absolute Gasteiger partial charge is 0.310 e. The van der Waals surface area contributed by atoms with Crippen LogP contribution in [0.2, 0.25) is 5.02 Å². The predicted octanol–water partition coefficient (Wildman–Crippen LogP) is 3.85. The van der Waals surface area contributed by atoms with Crippen molar-refractivity contribution < 1.29 is 4.92 Å². The second kappa shape index (κ2) is 4.43. The van der Waals surface area contributed by atoms with E-state index < -0.39 is 4.92 Å². The largest absolute Gasteiger partial charge is 0.376 e. The minimum Gasteiger partial charge on any atom is -0.376 e. The first-order chi connectivity index (χ1) is 8.65. The van der Waals surface area contributed by atoms with Crippen molar-refractivity contribution in [3.8, 4) is 0 Å². The minimum atomic E-state index is -0.405. The molecule has 0 aliphatic heterocycles. The van der Waals surface area contributed by atoms with E-state index in [2.05, 4.69) is 5.32 Å². The number of hydrogen-bond donors (Lipinski definition) is 1. The van der Waals surface area contributed by atoms with Gasteiger partial charge in [0.15, 0.2) is 0 Å². The van der Waals surface area contributed by atoms with Crippen LogP contribution in [0, 0.1) is 22.0 Å². The SMILES string of the molecule is O=[N+]([O-])c1c(Cl)cccc1NC1CC2CCC1C2. The molecule has 2 bridgehead atoms. The molecule has 0 amide bonds. The Morgan fingerprint density at radius 3 is 2.78 bits per heavy atom. The molecule has 0 heterocycles. The fraction of sp³-hybridized carbons (Fsp3) is 0.538. The summed E-state index contributed by atoms with van der Waals surface area (Å²) in [6, 6.07) is 5.44. The van der Waals surface area contributed by atoms with Crippen LogP contribution in [0.5, 0.6) is 0 Å². The van der Waals surface area contributed by atoms with E-state index in [1.165, 1.54) is 19.3 Å². The second-order valence-electron chi connectivity index (χ2n) is 5.32. The van der Waals surface area contributed by atoms with Crippen molar-refractivity contribution in [1.29, 1.82) is 0 Å². The lowest BCUT2D eigenvalue weighted by Gasteiger charge is -2.23. The molecule has 18 heavy (non-hydrogen) atoms. The molecule has 2 fully saturated rings. The van der Waals surface area contributed by atoms with E-state index in [9.17, 15) is 10.1 Å². The van der Waals surface area contributed by atoms with Gasteiger partial charge in [-0.15, -0.1) is 0 Å². The topological polar surface area (TPSA) is 55.2 Å². The molecule has 1 aromatic carbocycles. The van der Waals surface area contributed by atoms with E-state index in [-0.39, 0.29) is 10.7 Å². The van der Waals surface area contributed by atoms with Gasteiger partial charge in [0.1, 0.15) is 10.7 Å². The summed E-state index contributed by atoms with van der Waals surface area (Å²) in [7, 11) is 0. The van der Waals surface area contributed by atoms with Crippen molar-refractivity contribution in [2.45, 2.75) is 31.7 Å². The Bertz CT molecular complexity index is 492. The molecule has 2 aliphatic carbocycles. The van der Waals surface area contributed by atoms with Crippen LogP contribution in [0.1, 0.15) is 25.7 Å². The van der Waals surface area contributed by atoms with Crippen LogP contribution in [-0.2, 0) is 0 Å². The fourth-order valence-corrected chi connectivity index (χ4v) is 3.68. The van der Waals surface area contributed by atoms with E-state index in [0.717, 1.165) is 12.3 Å². The van der Waals surface area contributed by atoms with Crippen LogP contribution >= 0.6 is 11.6 Å². The Morgan fingerprint density at radius 2 is 2.17 bits per heavy atom. The molecule has 96 valence electrons. The van der Waals surface area contributed by atoms with Crippen LogP contribution in [0.3, 0.4) is 0 Å². The van der Waals surface area contributed by atoms with Gasteiger partial charge in [0, 0.05) is 6.04 Å². The van der Waals surface area contributed by atoms with E-state index in [1.54, 1.807) is 18.2 Å². The number of nitrogens with zero attached hydrogens (tertiary/aromatic N) is 1. The van der Waals surface area contributed by atoms with Crippen molar-refractivity contribution in [2.24, 2.45) is 11.8 Å². The van der Waals surface area contributed by atoms with Gasteiger partial charge >= 0.3 is 5.69 Å². The molecule has 5 heteroatoms. The Morgan fingerprint density at radius 1 is 1.33 bits per heavy atom. The first-order valence-corrected chi connectivity index (χ1v) is 6.72. The molecule has 3 atom stereocenters. The highest BCUT2D eigenvalue weighted by Crippen LogP contribution is 2.46. The zero-order chi connectivity index (χ0) is 12.7. The van der Waals surface area contributed by atoms with Crippen molar-refractivity contribution >= 4 is 23.0 Å². The number of hydrogen-bond acceptors (Lipinski definition) is 3. The highest BCUT2D eigenvalue weighted by molar-refractivity contribution is 6.33. The fourth-order valence-electron chi connectivity index (χ4n) is 3.44. The standard InChI is InChI=1S/C13H15ClN2O2/c14-10-2-1-3-11(13(10)16(17)18)15-12-7-8-4-5-9(12)6-8/h1-3,8-9,12,15H,4-7H2. The highest BCUT2D eigenvalue weighted by atomic mass is 35.5. The number of rotatable bonds is 3. The van der Waals surface area contributed by atoms with Gasteiger partial charge in [-0.2, -0.15) is 0 Å². The number of nitro groups is 1. The molecule has 0 aromatic heterocycles. The third-order valence-electron chi connectivity index (χ3n) is 4.25. The third kappa shape index (κ3) is 1.94. The summed E-state index contributed by atoms with van der Waals surface area (Å²) in [5.74, 6) is 1.49. The van der Waals surface area contributed by atoms with Crippen LogP contribution in [0.4, 0.5) is 11.4 Å². The Balaban J connectivity index is 1.84. The van der Waals surface area contributed by atoms with Gasteiger partial charge in [0.25, 0.3) is 0 Å². The number of halogens is 1. The van der Waals surface area contributed by atoms with Crippen molar-refractivity contribution in [3.63, 3.8) is 0 Å². The molecular formula is C13H15ClN2O2. The van der Waals surface area contributed by atoms with Crippen LogP contribution < -0.4 is 5.32 Å². The normalized spacial score (nSPS) is 29.5. The quantitative estimate of drug-likeness (QED) is 0.668. The van der Waals surface area contributed by atoms with Gasteiger partial charge in [-0.05, 0) is 43.2 Å². The van der Waals surface area contributed by atoms with Crippen molar-refractivity contribution in [2.75, 3.05) is 5.32 Å². The lowest BCUT2D eigenvalue weighted by atomic mass is 9.95. The Kier molecular flexibility index (Phi) is 2.90. The first-order valence-electron chi connectivity index (χ1n) is 6.34. The zero-order valence-corrected chi connectivity index (χ0v) is 10.7. The maximum absolute atomic E-state index is 11.1. The van der Waals surface area contributed by atoms with Gasteiger partial charge in [0.2, 0.25) is 0 Å². The number of nitrogens with one attached hydrogen (secondary N) is 1. The molecule has 1 aromatic rings. The van der Waals surface area contributed by atoms with Gasteiger partial charge in [0.05, 0.1) is 4.92 Å². The lowest BCUT2D eigenvalue weighted by molar-refractivity contribution is -0.383. The summed E-state index contributed by atoms with van der Waals surface area (Å²) < 4.78 is 0. The van der Waals surface area contributed by atoms with Gasteiger partial charge < -0.3 is 5.32 Å². The molecule has 2 aliphatic rings. The number of benzene rings is 1. The number of anilines is 1. The average molecular weight is 267 g/mol. The van der Waals surface area contributed by atoms with Crippen molar-refractivity contribution in [3.05, 3.63) is 33.3 Å². The van der Waals surface area contributed by atoms with Crippen LogP contribution in [0.15, 0.2) is 18.2 Å². The zero-order valence-electron chi connectivity index (χ0n) is 9.93. The molecule has 3 rings (SSSR count). The molecule has 0 spiro atoms. The van der Waals surface area contributed by atoms with Crippen molar-refractivity contribution in [1.82, 2.24) is 0 Å². The number of nitro benzene ring substituents is 1. The Hall–Kier alpha value is -1.29. The summed E-state index contributed by atoms with van der Waals surface area (Å²) >= 11 is 5.91. The lowest BCUT2D eigenvalue weighted by Crippen LogP contribution is -2.26. The van der Waals surface area contributed by atoms with Crippen LogP contribution in [0.25, 0.3) is 0 Å². The third-order valence-corrected chi connectivity index (χ3v) is 4.55. The molecule has 1 N–H and O–H groups in total. The minimum absolute atomic E-state index is 0.00180. The van der Waals surface area contributed by atoms with E-state index in [4.69, 9.17) is 11.6 Å². The first kappa shape index (κ1) is 11.8. The second-order valence-corrected chi connectivity index (χ2v) is 5.73. The molecule has 0 radical (unpaired) electrons. The van der Waals surface area contributed by atoms with Gasteiger partial charge in [-0.1, -0.05) is 24.1 Å². The maximum Gasteiger partial charge on any atom is 0.310 e. The number of para-hydroxylation sites is 1. The van der Waals surface area contributed by atoms with E-state index in [1.807, 2.05) is 0 Å². The summed E-state index contributed by atoms with van der Waals surface area (Å²) in [5, 5.41) is 14.6. The monoisotopic (exact) mass is 266 g/mol. The maximum atomic E-state index is 11.1. The molecule has 4 nitrogen and oxygen atoms in total. The van der Waals surface area contributed by atoms with Gasteiger partial charge in [-0.25, -0.2) is 0 Å². The van der Waals surface area contributed by atoms with E-state index >= 15 is 0 Å². The Labute approximate surface area is 110 Å². The summed E-state index contributed by atoms with van der Waals surface area (Å²) in [4.78, 5) is 10.7. The molecular weight excluding hydrogens is 252 g/mol. The number of fused-ring (bicyclic) bond motifs is 2. The van der Waals surface area contributed by atoms with E-state index in [0.29, 0.717) is 17.6 Å². The van der Waals surface area contributed by atoms with Crippen LogP contribution in [-0.4, -0.2) is 11.0 Å². The molecule has 3 unspecified atom stereocenters. The summed E-state index contributed by atoms with van der Waals surface area (Å²) in [6.07, 6.45) is 4.97. The molecule has 2 saturated carbocycles. The predicted molar refractivity (Wildman–Crippen MR) is 71.0 cm³/mol. The highest BCUT2D eigenvalue weighted by Gasteiger charge is 2.40. The summed E-state index contributed by atoms with van der Waals surface area (Å²) in [6.45, 7) is 0. The van der Waals surface area contributed by atoms with Gasteiger partial charge in [-0.3, -0.25) is 10.1 Å². The summed E-state index contributed by atoms with van der Waals surface area (Å²) in [5.41, 5.74) is 0.562. The molecule has 0 saturated heterocycles.